The van der Waals surface area contributed by atoms with Crippen molar-refractivity contribution < 1.29 is 18.0 Å². The van der Waals surface area contributed by atoms with Gasteiger partial charge in [-0.3, -0.25) is 13.9 Å². The van der Waals surface area contributed by atoms with E-state index in [9.17, 15) is 18.0 Å². The molecular weight excluding hydrogens is 617 g/mol. The van der Waals surface area contributed by atoms with Crippen LogP contribution in [-0.2, 0) is 32.6 Å². The Balaban J connectivity index is 1.79. The molecule has 2 amide bonds. The van der Waals surface area contributed by atoms with Gasteiger partial charge in [0.25, 0.3) is 10.0 Å². The molecule has 4 rings (SSSR count). The smallest absolute Gasteiger partial charge is 0.264 e. The van der Waals surface area contributed by atoms with Crippen molar-refractivity contribution in [3.63, 3.8) is 0 Å². The number of amides is 2. The average Bonchev–Trinajstić information content (AvgIpc) is 3.02. The Morgan fingerprint density at radius 1 is 0.795 bits per heavy atom. The molecule has 10 heteroatoms. The van der Waals surface area contributed by atoms with Crippen LogP contribution < -0.4 is 9.62 Å². The van der Waals surface area contributed by atoms with Crippen molar-refractivity contribution in [2.75, 3.05) is 10.8 Å². The molecule has 2 atom stereocenters. The molecule has 0 bridgehead atoms. The number of hydrogen-bond acceptors (Lipinski definition) is 4. The highest BCUT2D eigenvalue weighted by Crippen LogP contribution is 2.26. The van der Waals surface area contributed by atoms with Crippen molar-refractivity contribution >= 4 is 50.7 Å². The molecule has 44 heavy (non-hydrogen) atoms. The summed E-state index contributed by atoms with van der Waals surface area (Å²) in [7, 11) is -4.20. The monoisotopic (exact) mass is 651 g/mol. The zero-order valence-corrected chi connectivity index (χ0v) is 26.9. The van der Waals surface area contributed by atoms with Gasteiger partial charge in [0.2, 0.25) is 11.8 Å². The highest BCUT2D eigenvalue weighted by atomic mass is 35.5. The lowest BCUT2D eigenvalue weighted by atomic mass is 10.0. The first-order valence-electron chi connectivity index (χ1n) is 14.3. The maximum absolute atomic E-state index is 14.4. The van der Waals surface area contributed by atoms with E-state index < -0.39 is 28.5 Å². The lowest BCUT2D eigenvalue weighted by Gasteiger charge is -2.34. The molecule has 0 fully saturated rings. The van der Waals surface area contributed by atoms with Crippen molar-refractivity contribution in [3.05, 3.63) is 130 Å². The number of nitrogens with zero attached hydrogens (tertiary/aromatic N) is 2. The summed E-state index contributed by atoms with van der Waals surface area (Å²) < 4.78 is 29.1. The summed E-state index contributed by atoms with van der Waals surface area (Å²) in [5.41, 5.74) is 1.86. The van der Waals surface area contributed by atoms with Gasteiger partial charge in [0, 0.05) is 29.1 Å². The molecule has 0 radical (unpaired) electrons. The maximum atomic E-state index is 14.4. The molecule has 0 spiro atoms. The number of sulfonamides is 1. The number of nitrogens with one attached hydrogen (secondary N) is 1. The van der Waals surface area contributed by atoms with Gasteiger partial charge in [0.1, 0.15) is 12.6 Å². The van der Waals surface area contributed by atoms with Gasteiger partial charge in [-0.2, -0.15) is 0 Å². The van der Waals surface area contributed by atoms with E-state index >= 15 is 0 Å². The van der Waals surface area contributed by atoms with Crippen LogP contribution in [0.3, 0.4) is 0 Å². The molecule has 1 N–H and O–H groups in total. The van der Waals surface area contributed by atoms with Crippen molar-refractivity contribution in [1.29, 1.82) is 0 Å². The van der Waals surface area contributed by atoms with E-state index in [1.807, 2.05) is 50.2 Å². The molecule has 4 aromatic rings. The molecule has 4 aromatic carbocycles. The van der Waals surface area contributed by atoms with E-state index in [1.165, 1.54) is 29.2 Å². The van der Waals surface area contributed by atoms with Crippen molar-refractivity contribution in [2.24, 2.45) is 0 Å². The lowest BCUT2D eigenvalue weighted by Crippen LogP contribution is -2.54. The Labute approximate surface area is 269 Å². The number of rotatable bonds is 13. The molecule has 0 saturated carbocycles. The first-order chi connectivity index (χ1) is 21.1. The van der Waals surface area contributed by atoms with Gasteiger partial charge in [0.05, 0.1) is 10.6 Å². The van der Waals surface area contributed by atoms with Crippen LogP contribution in [0.5, 0.6) is 0 Å². The number of halogens is 2. The summed E-state index contributed by atoms with van der Waals surface area (Å²) in [6.07, 6.45) is 0.928. The summed E-state index contributed by atoms with van der Waals surface area (Å²) in [5.74, 6) is -0.878. The van der Waals surface area contributed by atoms with Gasteiger partial charge < -0.3 is 10.2 Å². The summed E-state index contributed by atoms with van der Waals surface area (Å²) in [5, 5.41) is 3.89. The second-order valence-corrected chi connectivity index (χ2v) is 13.2. The van der Waals surface area contributed by atoms with Gasteiger partial charge >= 0.3 is 0 Å². The Bertz CT molecular complexity index is 1650. The number of anilines is 1. The second-order valence-electron chi connectivity index (χ2n) is 10.5. The Kier molecular flexibility index (Phi) is 11.4. The first-order valence-corrected chi connectivity index (χ1v) is 16.5. The van der Waals surface area contributed by atoms with Crippen molar-refractivity contribution in [1.82, 2.24) is 10.2 Å². The van der Waals surface area contributed by atoms with E-state index in [1.54, 1.807) is 48.5 Å². The number of carbonyl (C=O) groups excluding carboxylic acids is 2. The quantitative estimate of drug-likeness (QED) is 0.173. The van der Waals surface area contributed by atoms with E-state index in [4.69, 9.17) is 23.2 Å². The third-order valence-corrected chi connectivity index (χ3v) is 9.51. The van der Waals surface area contributed by atoms with E-state index in [0.717, 1.165) is 9.87 Å². The number of hydrogen-bond donors (Lipinski definition) is 1. The largest absolute Gasteiger partial charge is 0.352 e. The number of carbonyl (C=O) groups is 2. The van der Waals surface area contributed by atoms with Crippen LogP contribution >= 0.6 is 23.2 Å². The molecule has 0 heterocycles. The van der Waals surface area contributed by atoms with Crippen LogP contribution in [0.15, 0.2) is 114 Å². The van der Waals surface area contributed by atoms with Gasteiger partial charge in [-0.25, -0.2) is 8.42 Å². The molecular formula is C34H35Cl2N3O4S. The summed E-state index contributed by atoms with van der Waals surface area (Å²) >= 11 is 12.3. The normalized spacial score (nSPS) is 12.6. The van der Waals surface area contributed by atoms with Crippen molar-refractivity contribution in [3.8, 4) is 0 Å². The maximum Gasteiger partial charge on any atom is 0.264 e. The molecule has 0 aliphatic heterocycles. The fraction of sp³-hybridized carbons (Fsp3) is 0.235. The SMILES string of the molecule is CC[C@@H](C)NC(=O)[C@H](Cc1ccccc1)N(Cc1cccc(Cl)c1)C(=O)CN(c1ccccc1)S(=O)(=O)c1ccc(Cl)cc1. The third kappa shape index (κ3) is 8.62. The Hall–Kier alpha value is -3.85. The van der Waals surface area contributed by atoms with Gasteiger partial charge in [-0.1, -0.05) is 90.8 Å². The fourth-order valence-corrected chi connectivity index (χ4v) is 6.44. The number of benzene rings is 4. The summed E-state index contributed by atoms with van der Waals surface area (Å²) in [6.45, 7) is 3.35. The van der Waals surface area contributed by atoms with Crippen LogP contribution in [-0.4, -0.2) is 43.8 Å². The van der Waals surface area contributed by atoms with E-state index in [2.05, 4.69) is 5.32 Å². The zero-order chi connectivity index (χ0) is 31.7. The molecule has 230 valence electrons. The second kappa shape index (κ2) is 15.2. The lowest BCUT2D eigenvalue weighted by molar-refractivity contribution is -0.140. The minimum atomic E-state index is -4.20. The average molecular weight is 653 g/mol. The molecule has 7 nitrogen and oxygen atoms in total. The van der Waals surface area contributed by atoms with Crippen LogP contribution in [0.25, 0.3) is 0 Å². The van der Waals surface area contributed by atoms with Gasteiger partial charge in [-0.05, 0) is 73.0 Å². The minimum Gasteiger partial charge on any atom is -0.352 e. The molecule has 0 aromatic heterocycles. The molecule has 0 unspecified atom stereocenters. The van der Waals surface area contributed by atoms with Gasteiger partial charge in [-0.15, -0.1) is 0 Å². The molecule has 0 aliphatic carbocycles. The topological polar surface area (TPSA) is 86.8 Å². The third-order valence-electron chi connectivity index (χ3n) is 7.24. The van der Waals surface area contributed by atoms with Crippen LogP contribution in [0.4, 0.5) is 5.69 Å². The van der Waals surface area contributed by atoms with Gasteiger partial charge in [0.15, 0.2) is 0 Å². The Morgan fingerprint density at radius 3 is 2.02 bits per heavy atom. The highest BCUT2D eigenvalue weighted by molar-refractivity contribution is 7.92. The molecule has 0 aliphatic rings. The highest BCUT2D eigenvalue weighted by Gasteiger charge is 2.35. The predicted octanol–water partition coefficient (Wildman–Crippen LogP) is 6.74. The fourth-order valence-electron chi connectivity index (χ4n) is 4.68. The van der Waals surface area contributed by atoms with Crippen molar-refractivity contribution in [2.45, 2.75) is 50.2 Å². The van der Waals surface area contributed by atoms with Crippen LogP contribution in [0.1, 0.15) is 31.4 Å². The molecule has 0 saturated heterocycles. The Morgan fingerprint density at radius 2 is 1.41 bits per heavy atom. The zero-order valence-electron chi connectivity index (χ0n) is 24.6. The minimum absolute atomic E-state index is 0.0182. The number of para-hydroxylation sites is 1. The summed E-state index contributed by atoms with van der Waals surface area (Å²) in [4.78, 5) is 29.7. The predicted molar refractivity (Wildman–Crippen MR) is 176 cm³/mol. The van der Waals surface area contributed by atoms with Crippen LogP contribution in [0.2, 0.25) is 10.0 Å². The van der Waals surface area contributed by atoms with Crippen LogP contribution in [0, 0.1) is 0 Å². The summed E-state index contributed by atoms with van der Waals surface area (Å²) in [6, 6.07) is 29.6. The standard InChI is InChI=1S/C34H35Cl2N3O4S/c1-3-25(2)37-34(41)32(22-26-11-6-4-7-12-26)38(23-27-13-10-14-29(36)21-27)33(40)24-39(30-15-8-5-9-16-30)44(42,43)31-19-17-28(35)18-20-31/h4-21,25,32H,3,22-24H2,1-2H3,(H,37,41)/t25-,32+/m1/s1. The first kappa shape index (κ1) is 33.1. The van der Waals surface area contributed by atoms with E-state index in [0.29, 0.717) is 27.7 Å². The van der Waals surface area contributed by atoms with E-state index in [-0.39, 0.29) is 29.8 Å².